The van der Waals surface area contributed by atoms with Gasteiger partial charge in [-0.2, -0.15) is 5.11 Å². The van der Waals surface area contributed by atoms with Gasteiger partial charge in [0.05, 0.1) is 27.1 Å². The summed E-state index contributed by atoms with van der Waals surface area (Å²) in [6, 6.07) is 12.5. The van der Waals surface area contributed by atoms with E-state index >= 15 is 0 Å². The summed E-state index contributed by atoms with van der Waals surface area (Å²) in [7, 11) is 0. The van der Waals surface area contributed by atoms with Gasteiger partial charge in [-0.15, -0.1) is 5.11 Å². The summed E-state index contributed by atoms with van der Waals surface area (Å²) in [5, 5.41) is 12.0. The molecule has 0 atom stereocenters. The van der Waals surface area contributed by atoms with E-state index in [1.807, 2.05) is 31.2 Å². The van der Waals surface area contributed by atoms with Gasteiger partial charge in [-0.3, -0.25) is 9.89 Å². The molecule has 7 heteroatoms. The minimum atomic E-state index is -0.262. The maximum Gasteiger partial charge on any atom is 0.299 e. The molecule has 0 aliphatic rings. The zero-order chi connectivity index (χ0) is 17.3. The van der Waals surface area contributed by atoms with Crippen LogP contribution in [0.25, 0.3) is 5.69 Å². The molecule has 0 fully saturated rings. The third-order valence-corrected chi connectivity index (χ3v) is 4.21. The molecule has 24 heavy (non-hydrogen) atoms. The highest BCUT2D eigenvalue weighted by Gasteiger charge is 2.12. The van der Waals surface area contributed by atoms with Crippen molar-refractivity contribution in [1.82, 2.24) is 9.78 Å². The molecule has 0 bridgehead atoms. The number of aryl methyl sites for hydroxylation is 2. The molecule has 122 valence electrons. The van der Waals surface area contributed by atoms with Crippen LogP contribution in [0.4, 0.5) is 11.4 Å². The van der Waals surface area contributed by atoms with E-state index in [-0.39, 0.29) is 11.2 Å². The fraction of sp³-hybridized carbons (Fsp3) is 0.118. The van der Waals surface area contributed by atoms with Gasteiger partial charge in [-0.05, 0) is 49.7 Å². The Morgan fingerprint density at radius 2 is 1.79 bits per heavy atom. The Morgan fingerprint density at radius 1 is 1.00 bits per heavy atom. The van der Waals surface area contributed by atoms with E-state index < -0.39 is 0 Å². The molecule has 1 aromatic heterocycles. The molecule has 3 aromatic rings. The number of hydrogen-bond acceptors (Lipinski definition) is 3. The quantitative estimate of drug-likeness (QED) is 0.615. The topological polar surface area (TPSA) is 62.5 Å². The zero-order valence-corrected chi connectivity index (χ0v) is 14.6. The lowest BCUT2D eigenvalue weighted by Gasteiger charge is -2.01. The van der Waals surface area contributed by atoms with Gasteiger partial charge in [0.25, 0.3) is 5.56 Å². The second-order valence-corrected chi connectivity index (χ2v) is 6.18. The van der Waals surface area contributed by atoms with Gasteiger partial charge in [-0.25, -0.2) is 4.68 Å². The summed E-state index contributed by atoms with van der Waals surface area (Å²) in [4.78, 5) is 12.6. The number of hydrogen-bond donors (Lipinski definition) is 1. The van der Waals surface area contributed by atoms with Crippen molar-refractivity contribution in [1.29, 1.82) is 0 Å². The van der Waals surface area contributed by atoms with E-state index in [1.165, 1.54) is 4.68 Å². The molecule has 0 spiro atoms. The Morgan fingerprint density at radius 3 is 2.50 bits per heavy atom. The molecule has 2 aromatic carbocycles. The lowest BCUT2D eigenvalue weighted by atomic mass is 10.2. The van der Waals surface area contributed by atoms with Crippen LogP contribution in [0.15, 0.2) is 57.5 Å². The maximum absolute atomic E-state index is 12.6. The standard InChI is InChI=1S/C17H14Cl2N4O/c1-10-4-3-5-13(8-10)23-17(24)16(11(2)22-23)21-20-12-6-7-14(18)15(19)9-12/h3-9,22H,1-2H3. The first-order chi connectivity index (χ1) is 11.5. The van der Waals surface area contributed by atoms with Crippen LogP contribution in [0.3, 0.4) is 0 Å². The molecule has 1 N–H and O–H groups in total. The Labute approximate surface area is 148 Å². The van der Waals surface area contributed by atoms with Crippen LogP contribution in [0, 0.1) is 13.8 Å². The second-order valence-electron chi connectivity index (χ2n) is 5.36. The lowest BCUT2D eigenvalue weighted by Crippen LogP contribution is -2.14. The third-order valence-electron chi connectivity index (χ3n) is 3.47. The predicted molar refractivity (Wildman–Crippen MR) is 96.5 cm³/mol. The molecular weight excluding hydrogens is 347 g/mol. The first-order valence-corrected chi connectivity index (χ1v) is 7.97. The number of nitrogens with zero attached hydrogens (tertiary/aromatic N) is 3. The molecule has 5 nitrogen and oxygen atoms in total. The van der Waals surface area contributed by atoms with Crippen molar-refractivity contribution in [2.24, 2.45) is 10.2 Å². The number of azo groups is 1. The smallest absolute Gasteiger partial charge is 0.293 e. The van der Waals surface area contributed by atoms with Crippen molar-refractivity contribution >= 4 is 34.6 Å². The number of halogens is 2. The number of rotatable bonds is 3. The minimum absolute atomic E-state index is 0.252. The monoisotopic (exact) mass is 360 g/mol. The van der Waals surface area contributed by atoms with Gasteiger partial charge >= 0.3 is 0 Å². The molecule has 1 heterocycles. The average molecular weight is 361 g/mol. The summed E-state index contributed by atoms with van der Waals surface area (Å²) in [6.07, 6.45) is 0. The van der Waals surface area contributed by atoms with E-state index in [0.717, 1.165) is 11.3 Å². The highest BCUT2D eigenvalue weighted by Crippen LogP contribution is 2.27. The van der Waals surface area contributed by atoms with Crippen LogP contribution in [0.1, 0.15) is 11.3 Å². The van der Waals surface area contributed by atoms with Gasteiger partial charge < -0.3 is 0 Å². The molecule has 0 aliphatic carbocycles. The molecule has 0 saturated heterocycles. The van der Waals surface area contributed by atoms with E-state index in [9.17, 15) is 4.79 Å². The number of aromatic amines is 1. The Balaban J connectivity index is 1.99. The first-order valence-electron chi connectivity index (χ1n) is 7.21. The molecule has 0 saturated carbocycles. The predicted octanol–water partition coefficient (Wildman–Crippen LogP) is 5.50. The highest BCUT2D eigenvalue weighted by atomic mass is 35.5. The van der Waals surface area contributed by atoms with Gasteiger partial charge in [0.2, 0.25) is 0 Å². The summed E-state index contributed by atoms with van der Waals surface area (Å²) in [6.45, 7) is 3.74. The summed E-state index contributed by atoms with van der Waals surface area (Å²) in [5.74, 6) is 0. The molecular formula is C17H14Cl2N4O. The Kier molecular flexibility index (Phi) is 4.55. The largest absolute Gasteiger partial charge is 0.299 e. The Bertz CT molecular complexity index is 988. The van der Waals surface area contributed by atoms with Crippen molar-refractivity contribution in [3.05, 3.63) is 74.1 Å². The molecule has 3 rings (SSSR count). The van der Waals surface area contributed by atoms with Crippen LogP contribution in [0.2, 0.25) is 10.0 Å². The number of benzene rings is 2. The summed E-state index contributed by atoms with van der Waals surface area (Å²) >= 11 is 11.8. The van der Waals surface area contributed by atoms with Crippen LogP contribution in [0.5, 0.6) is 0 Å². The van der Waals surface area contributed by atoms with Crippen LogP contribution in [-0.2, 0) is 0 Å². The van der Waals surface area contributed by atoms with Crippen LogP contribution in [-0.4, -0.2) is 9.78 Å². The second kappa shape index (κ2) is 6.63. The molecule has 0 amide bonds. The SMILES string of the molecule is Cc1cccc(-n2[nH]c(C)c(N=Nc3ccc(Cl)c(Cl)c3)c2=O)c1. The van der Waals surface area contributed by atoms with Crippen LogP contribution < -0.4 is 5.56 Å². The lowest BCUT2D eigenvalue weighted by molar-refractivity contribution is 0.834. The number of H-pyrrole nitrogens is 1. The van der Waals surface area contributed by atoms with Crippen molar-refractivity contribution in [2.45, 2.75) is 13.8 Å². The number of aromatic nitrogens is 2. The van der Waals surface area contributed by atoms with Gasteiger partial charge in [0, 0.05) is 0 Å². The van der Waals surface area contributed by atoms with E-state index in [4.69, 9.17) is 23.2 Å². The van der Waals surface area contributed by atoms with E-state index in [0.29, 0.717) is 21.4 Å². The molecule has 0 radical (unpaired) electrons. The van der Waals surface area contributed by atoms with Gasteiger partial charge in [0.15, 0.2) is 5.69 Å². The molecule has 0 unspecified atom stereocenters. The van der Waals surface area contributed by atoms with Crippen molar-refractivity contribution < 1.29 is 0 Å². The maximum atomic E-state index is 12.6. The van der Waals surface area contributed by atoms with Crippen LogP contribution >= 0.6 is 23.2 Å². The third kappa shape index (κ3) is 3.27. The normalized spacial score (nSPS) is 11.3. The fourth-order valence-electron chi connectivity index (χ4n) is 2.26. The van der Waals surface area contributed by atoms with Gasteiger partial charge in [0.1, 0.15) is 0 Å². The summed E-state index contributed by atoms with van der Waals surface area (Å²) in [5.41, 5.74) is 2.95. The van der Waals surface area contributed by atoms with Gasteiger partial charge in [-0.1, -0.05) is 35.3 Å². The minimum Gasteiger partial charge on any atom is -0.293 e. The highest BCUT2D eigenvalue weighted by molar-refractivity contribution is 6.42. The Hall–Kier alpha value is -2.37. The van der Waals surface area contributed by atoms with E-state index in [2.05, 4.69) is 15.3 Å². The average Bonchev–Trinajstić information content (AvgIpc) is 2.83. The van der Waals surface area contributed by atoms with Crippen molar-refractivity contribution in [3.8, 4) is 5.69 Å². The van der Waals surface area contributed by atoms with Crippen molar-refractivity contribution in [2.75, 3.05) is 0 Å². The fourth-order valence-corrected chi connectivity index (χ4v) is 2.55. The van der Waals surface area contributed by atoms with E-state index in [1.54, 1.807) is 25.1 Å². The zero-order valence-electron chi connectivity index (χ0n) is 13.0. The summed E-state index contributed by atoms with van der Waals surface area (Å²) < 4.78 is 1.45. The molecule has 0 aliphatic heterocycles. The first kappa shape index (κ1) is 16.5. The number of nitrogens with one attached hydrogen (secondary N) is 1. The van der Waals surface area contributed by atoms with Crippen molar-refractivity contribution in [3.63, 3.8) is 0 Å².